The van der Waals surface area contributed by atoms with Crippen molar-refractivity contribution in [3.05, 3.63) is 86.5 Å². The van der Waals surface area contributed by atoms with Crippen molar-refractivity contribution < 1.29 is 32.6 Å². The van der Waals surface area contributed by atoms with E-state index in [1.54, 1.807) is 30.0 Å². The van der Waals surface area contributed by atoms with E-state index < -0.39 is 29.3 Å². The highest BCUT2D eigenvalue weighted by Gasteiger charge is 2.45. The maximum Gasteiger partial charge on any atom is 0.339 e. The van der Waals surface area contributed by atoms with E-state index in [0.717, 1.165) is 82.2 Å². The third kappa shape index (κ3) is 5.94. The summed E-state index contributed by atoms with van der Waals surface area (Å²) in [6.45, 7) is 11.0. The van der Waals surface area contributed by atoms with Gasteiger partial charge in [-0.1, -0.05) is 6.07 Å². The molecule has 248 valence electrons. The molecule has 6 nitrogen and oxygen atoms in total. The zero-order chi connectivity index (χ0) is 33.2. The molecule has 0 radical (unpaired) electrons. The lowest BCUT2D eigenvalue weighted by Gasteiger charge is -2.33. The second-order valence-electron chi connectivity index (χ2n) is 14.4. The number of esters is 1. The summed E-state index contributed by atoms with van der Waals surface area (Å²) in [5.74, 6) is -0.904. The van der Waals surface area contributed by atoms with Crippen molar-refractivity contribution in [3.8, 4) is 16.9 Å². The molecule has 8 heteroatoms. The van der Waals surface area contributed by atoms with E-state index in [2.05, 4.69) is 0 Å². The van der Waals surface area contributed by atoms with E-state index in [0.29, 0.717) is 37.4 Å². The number of rotatable bonds is 8. The maximum atomic E-state index is 16.0. The van der Waals surface area contributed by atoms with Gasteiger partial charge in [0, 0.05) is 29.8 Å². The molecule has 2 aliphatic heterocycles. The summed E-state index contributed by atoms with van der Waals surface area (Å²) in [6.07, 6.45) is 4.25. The van der Waals surface area contributed by atoms with Crippen molar-refractivity contribution in [1.29, 1.82) is 0 Å². The number of ether oxygens (including phenoxy) is 3. The third-order valence-electron chi connectivity index (χ3n) is 9.81. The number of carbonyl (C=O) groups is 2. The Morgan fingerprint density at radius 1 is 1.00 bits per heavy atom. The summed E-state index contributed by atoms with van der Waals surface area (Å²) in [5, 5.41) is 0. The highest BCUT2D eigenvalue weighted by molar-refractivity contribution is 5.95. The Morgan fingerprint density at radius 2 is 1.68 bits per heavy atom. The predicted molar refractivity (Wildman–Crippen MR) is 175 cm³/mol. The SMILES string of the molecule is CCOC(=O)[C@@H](OC(C)(C)C)c1c(-c2cc(F)c3c(c2C)CCCO3)c(C2CC2)c2c(c1C1CC1)CN(C(=O)c1cccc(F)c1)C2. The fraction of sp³-hybridized carbons (Fsp3) is 0.487. The Bertz CT molecular complexity index is 1770. The summed E-state index contributed by atoms with van der Waals surface area (Å²) in [7, 11) is 0. The van der Waals surface area contributed by atoms with Gasteiger partial charge < -0.3 is 19.1 Å². The average molecular weight is 644 g/mol. The van der Waals surface area contributed by atoms with E-state index in [1.807, 2.05) is 27.7 Å². The largest absolute Gasteiger partial charge is 0.490 e. The number of halogens is 2. The van der Waals surface area contributed by atoms with E-state index >= 15 is 4.39 Å². The van der Waals surface area contributed by atoms with Gasteiger partial charge in [0.05, 0.1) is 18.8 Å². The molecule has 1 amide bonds. The van der Waals surface area contributed by atoms with Crippen LogP contribution in [0, 0.1) is 18.6 Å². The third-order valence-corrected chi connectivity index (χ3v) is 9.81. The van der Waals surface area contributed by atoms with Gasteiger partial charge in [-0.15, -0.1) is 0 Å². The second-order valence-corrected chi connectivity index (χ2v) is 14.4. The Balaban J connectivity index is 1.52. The molecule has 7 rings (SSSR count). The van der Waals surface area contributed by atoms with Crippen molar-refractivity contribution in [2.75, 3.05) is 13.2 Å². The number of hydrogen-bond donors (Lipinski definition) is 0. The normalized spacial score (nSPS) is 18.0. The van der Waals surface area contributed by atoms with E-state index in [1.165, 1.54) is 12.1 Å². The summed E-state index contributed by atoms with van der Waals surface area (Å²) in [4.78, 5) is 29.7. The molecular formula is C39H43F2NO5. The maximum absolute atomic E-state index is 16.0. The van der Waals surface area contributed by atoms with E-state index in [9.17, 15) is 14.0 Å². The Kier molecular flexibility index (Phi) is 8.14. The fourth-order valence-corrected chi connectivity index (χ4v) is 7.60. The zero-order valence-electron chi connectivity index (χ0n) is 27.9. The lowest BCUT2D eigenvalue weighted by Crippen LogP contribution is -2.30. The number of amides is 1. The first-order valence-corrected chi connectivity index (χ1v) is 17.0. The van der Waals surface area contributed by atoms with Crippen LogP contribution in [-0.2, 0) is 33.8 Å². The first-order valence-electron chi connectivity index (χ1n) is 17.0. The zero-order valence-corrected chi connectivity index (χ0v) is 27.9. The summed E-state index contributed by atoms with van der Waals surface area (Å²) in [5.41, 5.74) is 7.95. The Morgan fingerprint density at radius 3 is 2.32 bits per heavy atom. The van der Waals surface area contributed by atoms with Gasteiger partial charge >= 0.3 is 5.97 Å². The number of benzene rings is 3. The number of fused-ring (bicyclic) bond motifs is 2. The average Bonchev–Trinajstić information content (AvgIpc) is 3.97. The molecule has 2 aliphatic carbocycles. The van der Waals surface area contributed by atoms with Crippen LogP contribution in [0.1, 0.15) is 127 Å². The summed E-state index contributed by atoms with van der Waals surface area (Å²) >= 11 is 0. The first-order chi connectivity index (χ1) is 22.5. The number of carbonyl (C=O) groups excluding carboxylic acids is 2. The summed E-state index contributed by atoms with van der Waals surface area (Å²) in [6, 6.07) is 7.39. The van der Waals surface area contributed by atoms with Crippen LogP contribution < -0.4 is 4.74 Å². The Hall–Kier alpha value is -3.78. The van der Waals surface area contributed by atoms with Gasteiger partial charge in [0.1, 0.15) is 5.82 Å². The molecule has 0 aromatic heterocycles. The van der Waals surface area contributed by atoms with Crippen LogP contribution in [0.5, 0.6) is 5.75 Å². The minimum absolute atomic E-state index is 0.168. The molecule has 0 bridgehead atoms. The molecule has 2 heterocycles. The predicted octanol–water partition coefficient (Wildman–Crippen LogP) is 8.60. The van der Waals surface area contributed by atoms with Crippen molar-refractivity contribution in [3.63, 3.8) is 0 Å². The number of hydrogen-bond acceptors (Lipinski definition) is 5. The van der Waals surface area contributed by atoms with Gasteiger partial charge in [-0.3, -0.25) is 4.79 Å². The highest BCUT2D eigenvalue weighted by Crippen LogP contribution is 2.58. The Labute approximate surface area is 275 Å². The monoisotopic (exact) mass is 643 g/mol. The van der Waals surface area contributed by atoms with Gasteiger partial charge in [-0.2, -0.15) is 0 Å². The molecule has 2 saturated carbocycles. The molecule has 1 atom stereocenters. The smallest absolute Gasteiger partial charge is 0.339 e. The van der Waals surface area contributed by atoms with Crippen molar-refractivity contribution in [2.45, 2.75) is 110 Å². The number of nitrogens with zero attached hydrogens (tertiary/aromatic N) is 1. The molecule has 3 aromatic rings. The van der Waals surface area contributed by atoms with Crippen LogP contribution >= 0.6 is 0 Å². The van der Waals surface area contributed by atoms with Crippen LogP contribution in [0.15, 0.2) is 30.3 Å². The molecular weight excluding hydrogens is 600 g/mol. The second kappa shape index (κ2) is 12.0. The van der Waals surface area contributed by atoms with Crippen LogP contribution in [0.3, 0.4) is 0 Å². The van der Waals surface area contributed by atoms with Crippen molar-refractivity contribution >= 4 is 11.9 Å². The molecule has 47 heavy (non-hydrogen) atoms. The van der Waals surface area contributed by atoms with E-state index in [-0.39, 0.29) is 24.3 Å². The van der Waals surface area contributed by atoms with Crippen molar-refractivity contribution in [1.82, 2.24) is 4.90 Å². The summed E-state index contributed by atoms with van der Waals surface area (Å²) < 4.78 is 48.4. The molecule has 0 unspecified atom stereocenters. The molecule has 2 fully saturated rings. The first kappa shape index (κ1) is 31.8. The van der Waals surface area contributed by atoms with Gasteiger partial charge in [0.2, 0.25) is 0 Å². The van der Waals surface area contributed by atoms with Crippen LogP contribution in [-0.4, -0.2) is 35.6 Å². The standard InChI is InChI=1S/C39H43F2NO5/c1-6-45-38(44)36(47-39(3,4)5)34-32(23-14-15-23)29-20-42(37(43)24-9-7-10-25(40)17-24)19-28(29)31(22-12-13-22)33(34)27-18-30(41)35-26(21(27)2)11-8-16-46-35/h7,9-10,17-18,22-23,36H,6,8,11-16,19-20H2,1-5H3/t36-/m0/s1. The minimum Gasteiger partial charge on any atom is -0.490 e. The van der Waals surface area contributed by atoms with Gasteiger partial charge in [0.25, 0.3) is 5.91 Å². The topological polar surface area (TPSA) is 65.1 Å². The molecule has 3 aromatic carbocycles. The lowest BCUT2D eigenvalue weighted by atomic mass is 9.77. The van der Waals surface area contributed by atoms with E-state index in [4.69, 9.17) is 14.2 Å². The lowest BCUT2D eigenvalue weighted by molar-refractivity contribution is -0.166. The molecule has 0 saturated heterocycles. The molecule has 0 spiro atoms. The van der Waals surface area contributed by atoms with Crippen LogP contribution in [0.2, 0.25) is 0 Å². The van der Waals surface area contributed by atoms with Crippen LogP contribution in [0.25, 0.3) is 11.1 Å². The van der Waals surface area contributed by atoms with Gasteiger partial charge in [0.15, 0.2) is 17.7 Å². The molecule has 4 aliphatic rings. The highest BCUT2D eigenvalue weighted by atomic mass is 19.1. The van der Waals surface area contributed by atoms with Gasteiger partial charge in [-0.25, -0.2) is 13.6 Å². The van der Waals surface area contributed by atoms with Gasteiger partial charge in [-0.05, 0) is 148 Å². The quantitative estimate of drug-likeness (QED) is 0.230. The minimum atomic E-state index is -1.05. The van der Waals surface area contributed by atoms with Crippen molar-refractivity contribution in [2.24, 2.45) is 0 Å². The van der Waals surface area contributed by atoms with Crippen LogP contribution in [0.4, 0.5) is 8.78 Å². The molecule has 0 N–H and O–H groups in total. The fourth-order valence-electron chi connectivity index (χ4n) is 7.60.